The average molecular weight is 351 g/mol. The van der Waals surface area contributed by atoms with Crippen molar-refractivity contribution in [2.75, 3.05) is 14.2 Å². The smallest absolute Gasteiger partial charge is 0.244 e. The number of nitrogens with one attached hydrogen (secondary N) is 2. The van der Waals surface area contributed by atoms with Crippen molar-refractivity contribution in [3.05, 3.63) is 59.9 Å². The van der Waals surface area contributed by atoms with Gasteiger partial charge in [-0.15, -0.1) is 0 Å². The van der Waals surface area contributed by atoms with E-state index in [1.807, 2.05) is 43.3 Å². The summed E-state index contributed by atoms with van der Waals surface area (Å²) in [4.78, 5) is 20.0. The summed E-state index contributed by atoms with van der Waals surface area (Å²) in [5, 5.41) is 2.90. The van der Waals surface area contributed by atoms with Crippen LogP contribution in [0.15, 0.2) is 48.5 Å². The monoisotopic (exact) mass is 351 g/mol. The molecule has 1 unspecified atom stereocenters. The molecule has 0 aliphatic carbocycles. The molecule has 0 bridgehead atoms. The molecule has 1 heterocycles. The fourth-order valence-electron chi connectivity index (χ4n) is 2.63. The highest BCUT2D eigenvalue weighted by molar-refractivity contribution is 5.92. The van der Waals surface area contributed by atoms with Crippen LogP contribution >= 0.6 is 0 Å². The van der Waals surface area contributed by atoms with Gasteiger partial charge in [-0.1, -0.05) is 12.1 Å². The molecule has 0 spiro atoms. The maximum absolute atomic E-state index is 12.2. The molecule has 0 saturated heterocycles. The molecule has 6 heteroatoms. The number of ether oxygens (including phenoxy) is 2. The van der Waals surface area contributed by atoms with E-state index in [1.54, 1.807) is 26.4 Å². The third-order valence-electron chi connectivity index (χ3n) is 4.03. The lowest BCUT2D eigenvalue weighted by Crippen LogP contribution is -2.25. The lowest BCUT2D eigenvalue weighted by atomic mass is 10.1. The molecule has 3 aromatic rings. The van der Waals surface area contributed by atoms with E-state index in [-0.39, 0.29) is 11.9 Å². The van der Waals surface area contributed by atoms with Crippen LogP contribution < -0.4 is 14.8 Å². The molecule has 1 amide bonds. The van der Waals surface area contributed by atoms with Crippen LogP contribution in [0, 0.1) is 0 Å². The molecule has 6 nitrogen and oxygen atoms in total. The molecule has 134 valence electrons. The molecule has 0 fully saturated rings. The van der Waals surface area contributed by atoms with E-state index in [2.05, 4.69) is 15.3 Å². The summed E-state index contributed by atoms with van der Waals surface area (Å²) in [5.74, 6) is 1.84. The minimum atomic E-state index is -0.239. The van der Waals surface area contributed by atoms with E-state index in [0.29, 0.717) is 11.5 Å². The number of fused-ring (bicyclic) bond motifs is 1. The zero-order valence-corrected chi connectivity index (χ0v) is 14.9. The normalized spacial score (nSPS) is 12.3. The van der Waals surface area contributed by atoms with Gasteiger partial charge in [-0.3, -0.25) is 4.79 Å². The molecule has 0 aliphatic heterocycles. The number of hydrogen-bond acceptors (Lipinski definition) is 4. The van der Waals surface area contributed by atoms with Crippen LogP contribution in [0.4, 0.5) is 0 Å². The third-order valence-corrected chi connectivity index (χ3v) is 4.03. The predicted molar refractivity (Wildman–Crippen MR) is 101 cm³/mol. The molecule has 1 atom stereocenters. The summed E-state index contributed by atoms with van der Waals surface area (Å²) in [6.07, 6.45) is 3.18. The van der Waals surface area contributed by atoms with Crippen molar-refractivity contribution in [3.8, 4) is 11.5 Å². The second-order valence-corrected chi connectivity index (χ2v) is 5.81. The molecule has 1 aromatic heterocycles. The minimum absolute atomic E-state index is 0.212. The maximum Gasteiger partial charge on any atom is 0.244 e. The number of para-hydroxylation sites is 2. The number of carbonyl (C=O) groups is 1. The van der Waals surface area contributed by atoms with Crippen molar-refractivity contribution in [2.24, 2.45) is 0 Å². The standard InChI is InChI=1S/C20H21N3O3/c1-13(20-22-16-6-4-5-7-17(16)23-20)21-19(24)11-9-14-8-10-15(25-2)12-18(14)26-3/h4-13H,1-3H3,(H,21,24)(H,22,23)/b11-9+. The highest BCUT2D eigenvalue weighted by Gasteiger charge is 2.12. The SMILES string of the molecule is COc1ccc(/C=C/C(=O)NC(C)c2nc3ccccc3[nH]2)c(OC)c1. The van der Waals surface area contributed by atoms with Crippen LogP contribution in [0.1, 0.15) is 24.4 Å². The highest BCUT2D eigenvalue weighted by atomic mass is 16.5. The number of aromatic amines is 1. The van der Waals surface area contributed by atoms with Gasteiger partial charge in [0, 0.05) is 17.7 Å². The number of methoxy groups -OCH3 is 2. The summed E-state index contributed by atoms with van der Waals surface area (Å²) < 4.78 is 10.5. The summed E-state index contributed by atoms with van der Waals surface area (Å²) in [7, 11) is 3.17. The number of amides is 1. The van der Waals surface area contributed by atoms with Gasteiger partial charge in [0.25, 0.3) is 0 Å². The van der Waals surface area contributed by atoms with Gasteiger partial charge in [0.05, 0.1) is 31.3 Å². The maximum atomic E-state index is 12.2. The first kappa shape index (κ1) is 17.5. The Morgan fingerprint density at radius 2 is 2.00 bits per heavy atom. The van der Waals surface area contributed by atoms with Crippen LogP contribution in [-0.2, 0) is 4.79 Å². The molecule has 0 radical (unpaired) electrons. The van der Waals surface area contributed by atoms with Crippen molar-refractivity contribution in [3.63, 3.8) is 0 Å². The molecule has 2 aromatic carbocycles. The van der Waals surface area contributed by atoms with E-state index >= 15 is 0 Å². The van der Waals surface area contributed by atoms with Gasteiger partial charge >= 0.3 is 0 Å². The van der Waals surface area contributed by atoms with Crippen molar-refractivity contribution < 1.29 is 14.3 Å². The third kappa shape index (κ3) is 3.85. The number of benzene rings is 2. The number of hydrogen-bond donors (Lipinski definition) is 2. The van der Waals surface area contributed by atoms with Crippen molar-refractivity contribution in [2.45, 2.75) is 13.0 Å². The topological polar surface area (TPSA) is 76.2 Å². The molecule has 0 saturated carbocycles. The fraction of sp³-hybridized carbons (Fsp3) is 0.200. The van der Waals surface area contributed by atoms with Crippen LogP contribution in [0.3, 0.4) is 0 Å². The Kier molecular flexibility index (Phi) is 5.22. The van der Waals surface area contributed by atoms with E-state index in [0.717, 1.165) is 22.4 Å². The molecule has 3 rings (SSSR count). The lowest BCUT2D eigenvalue weighted by molar-refractivity contribution is -0.117. The predicted octanol–water partition coefficient (Wildman–Crippen LogP) is 3.47. The number of imidazole rings is 1. The Hall–Kier alpha value is -3.28. The molecule has 2 N–H and O–H groups in total. The summed E-state index contributed by atoms with van der Waals surface area (Å²) in [6.45, 7) is 1.89. The first-order valence-electron chi connectivity index (χ1n) is 8.26. The van der Waals surface area contributed by atoms with Crippen LogP contribution in [0.2, 0.25) is 0 Å². The lowest BCUT2D eigenvalue weighted by Gasteiger charge is -2.10. The van der Waals surface area contributed by atoms with Gasteiger partial charge in [0.1, 0.15) is 17.3 Å². The van der Waals surface area contributed by atoms with Gasteiger partial charge in [0.2, 0.25) is 5.91 Å². The van der Waals surface area contributed by atoms with Crippen LogP contribution in [-0.4, -0.2) is 30.1 Å². The Bertz CT molecular complexity index is 913. The van der Waals surface area contributed by atoms with E-state index in [1.165, 1.54) is 6.08 Å². The van der Waals surface area contributed by atoms with Crippen molar-refractivity contribution >= 4 is 23.0 Å². The number of nitrogens with zero attached hydrogens (tertiary/aromatic N) is 1. The van der Waals surface area contributed by atoms with Gasteiger partial charge < -0.3 is 19.8 Å². The number of aromatic nitrogens is 2. The summed E-state index contributed by atoms with van der Waals surface area (Å²) >= 11 is 0. The molecule has 0 aliphatic rings. The Morgan fingerprint density at radius 3 is 2.73 bits per heavy atom. The van der Waals surface area contributed by atoms with Gasteiger partial charge in [-0.25, -0.2) is 4.98 Å². The van der Waals surface area contributed by atoms with E-state index in [4.69, 9.17) is 9.47 Å². The average Bonchev–Trinajstić information content (AvgIpc) is 3.10. The first-order valence-corrected chi connectivity index (χ1v) is 8.26. The highest BCUT2D eigenvalue weighted by Crippen LogP contribution is 2.25. The van der Waals surface area contributed by atoms with E-state index < -0.39 is 0 Å². The Balaban J connectivity index is 1.69. The fourth-order valence-corrected chi connectivity index (χ4v) is 2.63. The largest absolute Gasteiger partial charge is 0.497 e. The van der Waals surface area contributed by atoms with Gasteiger partial charge in [0.15, 0.2) is 0 Å². The first-order chi connectivity index (χ1) is 12.6. The van der Waals surface area contributed by atoms with Gasteiger partial charge in [-0.05, 0) is 37.3 Å². The zero-order chi connectivity index (χ0) is 18.5. The summed E-state index contributed by atoms with van der Waals surface area (Å²) in [5.41, 5.74) is 2.61. The molecular weight excluding hydrogens is 330 g/mol. The number of rotatable bonds is 6. The summed E-state index contributed by atoms with van der Waals surface area (Å²) in [6, 6.07) is 12.9. The minimum Gasteiger partial charge on any atom is -0.497 e. The number of H-pyrrole nitrogens is 1. The van der Waals surface area contributed by atoms with Crippen LogP contribution in [0.5, 0.6) is 11.5 Å². The van der Waals surface area contributed by atoms with Crippen LogP contribution in [0.25, 0.3) is 17.1 Å². The van der Waals surface area contributed by atoms with Crippen molar-refractivity contribution in [1.29, 1.82) is 0 Å². The van der Waals surface area contributed by atoms with Gasteiger partial charge in [-0.2, -0.15) is 0 Å². The molecule has 26 heavy (non-hydrogen) atoms. The van der Waals surface area contributed by atoms with E-state index in [9.17, 15) is 4.79 Å². The second-order valence-electron chi connectivity index (χ2n) is 5.81. The second kappa shape index (κ2) is 7.74. The Labute approximate surface area is 151 Å². The van der Waals surface area contributed by atoms with Crippen molar-refractivity contribution in [1.82, 2.24) is 15.3 Å². The zero-order valence-electron chi connectivity index (χ0n) is 14.9. The number of carbonyl (C=O) groups excluding carboxylic acids is 1. The quantitative estimate of drug-likeness (QED) is 0.667. The molecular formula is C20H21N3O3. The Morgan fingerprint density at radius 1 is 1.19 bits per heavy atom.